The van der Waals surface area contributed by atoms with Crippen LogP contribution >= 0.6 is 0 Å². The first-order valence-electron chi connectivity index (χ1n) is 5.65. The van der Waals surface area contributed by atoms with Gasteiger partial charge in [0.15, 0.2) is 0 Å². The molecular weight excluding hydrogens is 246 g/mol. The monoisotopic (exact) mass is 259 g/mol. The van der Waals surface area contributed by atoms with Crippen LogP contribution in [0.3, 0.4) is 0 Å². The molecule has 0 unspecified atom stereocenters. The smallest absolute Gasteiger partial charge is 0.340 e. The lowest BCUT2D eigenvalue weighted by Gasteiger charge is -2.03. The molecule has 2 rings (SSSR count). The van der Waals surface area contributed by atoms with Crippen molar-refractivity contribution in [1.29, 1.82) is 0 Å². The molecule has 0 radical (unpaired) electrons. The third-order valence-electron chi connectivity index (χ3n) is 2.82. The van der Waals surface area contributed by atoms with E-state index in [4.69, 9.17) is 0 Å². The number of carbonyl (C=O) groups is 2. The van der Waals surface area contributed by atoms with E-state index in [0.717, 1.165) is 0 Å². The first kappa shape index (κ1) is 12.9. The molecule has 5 nitrogen and oxygen atoms in total. The van der Waals surface area contributed by atoms with Gasteiger partial charge in [0.05, 0.1) is 18.3 Å². The Morgan fingerprint density at radius 3 is 2.68 bits per heavy atom. The predicted octanol–water partition coefficient (Wildman–Crippen LogP) is 1.35. The lowest BCUT2D eigenvalue weighted by atomic mass is 10.0. The summed E-state index contributed by atoms with van der Waals surface area (Å²) in [6.45, 7) is 1.62. The second kappa shape index (κ2) is 4.97. The van der Waals surface area contributed by atoms with Gasteiger partial charge in [-0.05, 0) is 19.1 Å². The number of aromatic hydroxyl groups is 1. The highest BCUT2D eigenvalue weighted by atomic mass is 16.5. The Bertz CT molecular complexity index is 614. The maximum absolute atomic E-state index is 11.8. The largest absolute Gasteiger partial charge is 0.507 e. The summed E-state index contributed by atoms with van der Waals surface area (Å²) in [7, 11) is 1.25. The van der Waals surface area contributed by atoms with Crippen molar-refractivity contribution in [3.8, 4) is 5.75 Å². The number of hydrogen-bond acceptors (Lipinski definition) is 4. The Labute approximate surface area is 110 Å². The number of phenolic OH excluding ortho intramolecular Hbond substituents is 1. The van der Waals surface area contributed by atoms with Gasteiger partial charge in [-0.25, -0.2) is 4.79 Å². The van der Waals surface area contributed by atoms with Crippen molar-refractivity contribution in [2.75, 3.05) is 7.11 Å². The van der Waals surface area contributed by atoms with Crippen molar-refractivity contribution in [1.82, 2.24) is 5.32 Å². The minimum atomic E-state index is -0.586. The quantitative estimate of drug-likeness (QED) is 0.621. The predicted molar refractivity (Wildman–Crippen MR) is 68.9 cm³/mol. The van der Waals surface area contributed by atoms with Crippen LogP contribution in [-0.2, 0) is 14.3 Å². The zero-order chi connectivity index (χ0) is 14.0. The number of amides is 1. The normalized spacial score (nSPS) is 16.7. The van der Waals surface area contributed by atoms with Crippen LogP contribution in [0.5, 0.6) is 5.75 Å². The van der Waals surface area contributed by atoms with Gasteiger partial charge in [0, 0.05) is 11.3 Å². The molecule has 0 atom stereocenters. The van der Waals surface area contributed by atoms with Gasteiger partial charge in [0.1, 0.15) is 5.75 Å². The maximum Gasteiger partial charge on any atom is 0.340 e. The van der Waals surface area contributed by atoms with Crippen molar-refractivity contribution < 1.29 is 19.4 Å². The van der Waals surface area contributed by atoms with Gasteiger partial charge < -0.3 is 15.2 Å². The number of para-hydroxylation sites is 1. The summed E-state index contributed by atoms with van der Waals surface area (Å²) >= 11 is 0. The van der Waals surface area contributed by atoms with E-state index in [1.165, 1.54) is 19.3 Å². The average molecular weight is 259 g/mol. The van der Waals surface area contributed by atoms with Crippen LogP contribution in [0.1, 0.15) is 12.5 Å². The summed E-state index contributed by atoms with van der Waals surface area (Å²) in [4.78, 5) is 23.5. The standard InChI is InChI=1S/C14H13NO4/c1-8-12(14(18)19-2)10(13(17)15-8)7-9-5-3-4-6-11(9)16/h3-7,16H,1-2H3,(H,15,17)/b10-7-. The van der Waals surface area contributed by atoms with Gasteiger partial charge >= 0.3 is 5.97 Å². The van der Waals surface area contributed by atoms with Gasteiger partial charge in [0.2, 0.25) is 0 Å². The van der Waals surface area contributed by atoms with E-state index in [9.17, 15) is 14.7 Å². The van der Waals surface area contributed by atoms with Gasteiger partial charge in [0.25, 0.3) is 5.91 Å². The Balaban J connectivity index is 2.51. The molecule has 0 fully saturated rings. The van der Waals surface area contributed by atoms with E-state index in [1.807, 2.05) is 0 Å². The number of ether oxygens (including phenoxy) is 1. The Kier molecular flexibility index (Phi) is 3.37. The molecule has 0 aromatic heterocycles. The number of rotatable bonds is 2. The molecule has 0 saturated carbocycles. The molecule has 98 valence electrons. The van der Waals surface area contributed by atoms with Crippen LogP contribution in [0.2, 0.25) is 0 Å². The van der Waals surface area contributed by atoms with Crippen molar-refractivity contribution in [2.45, 2.75) is 6.92 Å². The zero-order valence-corrected chi connectivity index (χ0v) is 10.6. The van der Waals surface area contributed by atoms with E-state index < -0.39 is 5.97 Å². The van der Waals surface area contributed by atoms with Crippen LogP contribution in [0.25, 0.3) is 6.08 Å². The molecular formula is C14H13NO4. The summed E-state index contributed by atoms with van der Waals surface area (Å²) in [6, 6.07) is 6.56. The maximum atomic E-state index is 11.8. The van der Waals surface area contributed by atoms with Crippen LogP contribution < -0.4 is 5.32 Å². The topological polar surface area (TPSA) is 75.6 Å². The lowest BCUT2D eigenvalue weighted by Crippen LogP contribution is -2.15. The Morgan fingerprint density at radius 1 is 1.37 bits per heavy atom. The summed E-state index contributed by atoms with van der Waals surface area (Å²) in [6.07, 6.45) is 1.47. The second-order valence-electron chi connectivity index (χ2n) is 4.06. The molecule has 19 heavy (non-hydrogen) atoms. The highest BCUT2D eigenvalue weighted by molar-refractivity contribution is 6.16. The fraction of sp³-hybridized carbons (Fsp3) is 0.143. The first-order valence-corrected chi connectivity index (χ1v) is 5.65. The van der Waals surface area contributed by atoms with Gasteiger partial charge in [-0.3, -0.25) is 4.79 Å². The average Bonchev–Trinajstić information content (AvgIpc) is 2.66. The van der Waals surface area contributed by atoms with Crippen LogP contribution in [0, 0.1) is 0 Å². The van der Waals surface area contributed by atoms with Gasteiger partial charge in [-0.2, -0.15) is 0 Å². The molecule has 5 heteroatoms. The summed E-state index contributed by atoms with van der Waals surface area (Å²) in [5, 5.41) is 12.3. The second-order valence-corrected chi connectivity index (χ2v) is 4.06. The van der Waals surface area contributed by atoms with Crippen molar-refractivity contribution in [3.05, 3.63) is 46.7 Å². The summed E-state index contributed by atoms with van der Waals surface area (Å²) < 4.78 is 4.66. The lowest BCUT2D eigenvalue weighted by molar-refractivity contribution is -0.136. The molecule has 1 amide bonds. The van der Waals surface area contributed by atoms with Crippen LogP contribution in [0.4, 0.5) is 0 Å². The third-order valence-corrected chi connectivity index (χ3v) is 2.82. The number of esters is 1. The molecule has 1 aromatic rings. The minimum absolute atomic E-state index is 0.0385. The van der Waals surface area contributed by atoms with Gasteiger partial charge in [-0.15, -0.1) is 0 Å². The van der Waals surface area contributed by atoms with Crippen LogP contribution in [-0.4, -0.2) is 24.1 Å². The zero-order valence-electron chi connectivity index (χ0n) is 10.6. The fourth-order valence-corrected chi connectivity index (χ4v) is 1.88. The number of hydrogen-bond donors (Lipinski definition) is 2. The van der Waals surface area contributed by atoms with E-state index in [-0.39, 0.29) is 22.8 Å². The van der Waals surface area contributed by atoms with Crippen molar-refractivity contribution >= 4 is 18.0 Å². The molecule has 0 bridgehead atoms. The molecule has 0 aliphatic carbocycles. The van der Waals surface area contributed by atoms with E-state index in [0.29, 0.717) is 11.3 Å². The van der Waals surface area contributed by atoms with E-state index >= 15 is 0 Å². The third kappa shape index (κ3) is 2.35. The molecule has 1 aliphatic heterocycles. The number of allylic oxidation sites excluding steroid dienone is 1. The molecule has 1 aromatic carbocycles. The molecule has 0 saturated heterocycles. The molecule has 1 aliphatic rings. The SMILES string of the molecule is COC(=O)C1=C(C)NC(=O)/C1=C\c1ccccc1O. The fourth-order valence-electron chi connectivity index (χ4n) is 1.88. The highest BCUT2D eigenvalue weighted by Crippen LogP contribution is 2.27. The van der Waals surface area contributed by atoms with Crippen molar-refractivity contribution in [3.63, 3.8) is 0 Å². The van der Waals surface area contributed by atoms with Gasteiger partial charge in [-0.1, -0.05) is 18.2 Å². The first-order chi connectivity index (χ1) is 9.04. The number of methoxy groups -OCH3 is 1. The molecule has 2 N–H and O–H groups in total. The Morgan fingerprint density at radius 2 is 2.05 bits per heavy atom. The molecule has 0 spiro atoms. The number of carbonyl (C=O) groups excluding carboxylic acids is 2. The summed E-state index contributed by atoms with van der Waals surface area (Å²) in [5.74, 6) is -0.935. The Hall–Kier alpha value is -2.56. The number of benzene rings is 1. The number of phenols is 1. The molecule has 1 heterocycles. The minimum Gasteiger partial charge on any atom is -0.507 e. The van der Waals surface area contributed by atoms with E-state index in [2.05, 4.69) is 10.1 Å². The summed E-state index contributed by atoms with van der Waals surface area (Å²) in [5.41, 5.74) is 1.28. The van der Waals surface area contributed by atoms with Crippen LogP contribution in [0.15, 0.2) is 41.1 Å². The highest BCUT2D eigenvalue weighted by Gasteiger charge is 2.30. The van der Waals surface area contributed by atoms with E-state index in [1.54, 1.807) is 25.1 Å². The van der Waals surface area contributed by atoms with Crippen molar-refractivity contribution in [2.24, 2.45) is 0 Å². The number of nitrogens with one attached hydrogen (secondary N) is 1.